The lowest BCUT2D eigenvalue weighted by molar-refractivity contribution is -0.146. The monoisotopic (exact) mass is 172 g/mol. The number of hydrogen-bond acceptors (Lipinski definition) is 3. The first-order valence-electron chi connectivity index (χ1n) is 4.01. The summed E-state index contributed by atoms with van der Waals surface area (Å²) >= 11 is 0. The number of carboxylic acids is 1. The van der Waals surface area contributed by atoms with E-state index in [1.807, 2.05) is 0 Å². The normalized spacial score (nSPS) is 21.7. The average Bonchev–Trinajstić information content (AvgIpc) is 2.07. The molecule has 0 bridgehead atoms. The van der Waals surface area contributed by atoms with Crippen LogP contribution in [0, 0.1) is 11.8 Å². The van der Waals surface area contributed by atoms with Crippen LogP contribution in [0.1, 0.15) is 12.8 Å². The lowest BCUT2D eigenvalue weighted by Gasteiger charge is -2.23. The summed E-state index contributed by atoms with van der Waals surface area (Å²) in [5.41, 5.74) is 0. The highest BCUT2D eigenvalue weighted by Gasteiger charge is 2.28. The Bertz CT molecular complexity index is 172. The fraction of sp³-hybridized carbons (Fsp3) is 0.750. The molecule has 12 heavy (non-hydrogen) atoms. The van der Waals surface area contributed by atoms with Crippen molar-refractivity contribution in [2.75, 3.05) is 13.2 Å². The maximum absolute atomic E-state index is 10.6. The van der Waals surface area contributed by atoms with Crippen molar-refractivity contribution in [3.8, 4) is 0 Å². The van der Waals surface area contributed by atoms with Crippen molar-refractivity contribution in [3.63, 3.8) is 0 Å². The Morgan fingerprint density at radius 3 is 2.50 bits per heavy atom. The predicted octanol–water partition coefficient (Wildman–Crippen LogP) is 0.313. The van der Waals surface area contributed by atoms with Gasteiger partial charge in [-0.25, -0.2) is 0 Å². The minimum absolute atomic E-state index is 0.0336. The van der Waals surface area contributed by atoms with E-state index in [0.29, 0.717) is 32.3 Å². The predicted molar refractivity (Wildman–Crippen MR) is 40.7 cm³/mol. The van der Waals surface area contributed by atoms with Crippen molar-refractivity contribution in [1.29, 1.82) is 0 Å². The standard InChI is InChI=1S/C8H12O4/c9-5-7(8(10)11)6-1-3-12-4-2-6/h5-7H,1-4H2,(H,10,11). The lowest BCUT2D eigenvalue weighted by atomic mass is 9.87. The van der Waals surface area contributed by atoms with Gasteiger partial charge in [-0.15, -0.1) is 0 Å². The largest absolute Gasteiger partial charge is 0.481 e. The molecule has 1 aliphatic heterocycles. The van der Waals surface area contributed by atoms with E-state index in [1.165, 1.54) is 0 Å². The average molecular weight is 172 g/mol. The van der Waals surface area contributed by atoms with Crippen LogP contribution in [0.5, 0.6) is 0 Å². The third-order valence-corrected chi connectivity index (χ3v) is 2.21. The van der Waals surface area contributed by atoms with Crippen molar-refractivity contribution in [2.45, 2.75) is 12.8 Å². The van der Waals surface area contributed by atoms with Crippen LogP contribution in [0.15, 0.2) is 0 Å². The molecule has 0 aromatic carbocycles. The summed E-state index contributed by atoms with van der Waals surface area (Å²) < 4.78 is 5.07. The van der Waals surface area contributed by atoms with Gasteiger partial charge in [0.2, 0.25) is 0 Å². The summed E-state index contributed by atoms with van der Waals surface area (Å²) in [5, 5.41) is 8.65. The van der Waals surface area contributed by atoms with Gasteiger partial charge in [-0.3, -0.25) is 4.79 Å². The van der Waals surface area contributed by atoms with Gasteiger partial charge in [0.1, 0.15) is 12.2 Å². The molecule has 68 valence electrons. The molecular weight excluding hydrogens is 160 g/mol. The first kappa shape index (κ1) is 9.19. The second-order valence-electron chi connectivity index (χ2n) is 2.95. The van der Waals surface area contributed by atoms with E-state index in [1.54, 1.807) is 0 Å². The van der Waals surface area contributed by atoms with Crippen molar-refractivity contribution >= 4 is 12.3 Å². The number of hydrogen-bond donors (Lipinski definition) is 1. The van der Waals surface area contributed by atoms with Gasteiger partial charge < -0.3 is 14.6 Å². The summed E-state index contributed by atoms with van der Waals surface area (Å²) in [7, 11) is 0. The molecule has 0 aliphatic carbocycles. The van der Waals surface area contributed by atoms with E-state index in [0.717, 1.165) is 0 Å². The number of carboxylic acid groups (broad SMARTS) is 1. The Kier molecular flexibility index (Phi) is 3.22. The molecule has 1 fully saturated rings. The Balaban J connectivity index is 2.51. The Morgan fingerprint density at radius 2 is 2.08 bits per heavy atom. The molecule has 1 atom stereocenters. The Labute approximate surface area is 70.5 Å². The molecule has 0 aromatic rings. The molecular formula is C8H12O4. The summed E-state index contributed by atoms with van der Waals surface area (Å²) in [5.74, 6) is -1.89. The number of carbonyl (C=O) groups excluding carboxylic acids is 1. The van der Waals surface area contributed by atoms with Gasteiger partial charge in [0.25, 0.3) is 0 Å². The highest BCUT2D eigenvalue weighted by molar-refractivity contribution is 5.86. The summed E-state index contributed by atoms with van der Waals surface area (Å²) in [6.45, 7) is 1.14. The van der Waals surface area contributed by atoms with Gasteiger partial charge in [0.15, 0.2) is 0 Å². The molecule has 1 N–H and O–H groups in total. The van der Waals surface area contributed by atoms with Crippen LogP contribution >= 0.6 is 0 Å². The third kappa shape index (κ3) is 2.04. The van der Waals surface area contributed by atoms with Gasteiger partial charge in [0, 0.05) is 13.2 Å². The molecule has 0 radical (unpaired) electrons. The highest BCUT2D eigenvalue weighted by atomic mass is 16.5. The van der Waals surface area contributed by atoms with Crippen LogP contribution in [-0.4, -0.2) is 30.6 Å². The van der Waals surface area contributed by atoms with Crippen molar-refractivity contribution in [2.24, 2.45) is 11.8 Å². The van der Waals surface area contributed by atoms with E-state index < -0.39 is 11.9 Å². The van der Waals surface area contributed by atoms with E-state index in [-0.39, 0.29) is 5.92 Å². The second-order valence-corrected chi connectivity index (χ2v) is 2.95. The number of aldehydes is 1. The molecule has 0 aromatic heterocycles. The van der Waals surface area contributed by atoms with Crippen LogP contribution in [0.25, 0.3) is 0 Å². The molecule has 4 nitrogen and oxygen atoms in total. The van der Waals surface area contributed by atoms with Crippen LogP contribution < -0.4 is 0 Å². The molecule has 1 rings (SSSR count). The van der Waals surface area contributed by atoms with Crippen LogP contribution in [-0.2, 0) is 14.3 Å². The number of aliphatic carboxylic acids is 1. The van der Waals surface area contributed by atoms with Gasteiger partial charge >= 0.3 is 5.97 Å². The van der Waals surface area contributed by atoms with E-state index in [2.05, 4.69) is 0 Å². The summed E-state index contributed by atoms with van der Waals surface area (Å²) in [6, 6.07) is 0. The fourth-order valence-electron chi connectivity index (χ4n) is 1.45. The minimum atomic E-state index is -1.02. The van der Waals surface area contributed by atoms with Gasteiger partial charge in [-0.05, 0) is 18.8 Å². The number of ether oxygens (including phenoxy) is 1. The second kappa shape index (κ2) is 4.21. The highest BCUT2D eigenvalue weighted by Crippen LogP contribution is 2.22. The fourth-order valence-corrected chi connectivity index (χ4v) is 1.45. The van der Waals surface area contributed by atoms with Crippen molar-refractivity contribution in [1.82, 2.24) is 0 Å². The number of carbonyl (C=O) groups is 2. The number of rotatable bonds is 3. The zero-order valence-corrected chi connectivity index (χ0v) is 6.73. The Hall–Kier alpha value is -0.900. The first-order valence-corrected chi connectivity index (χ1v) is 4.01. The van der Waals surface area contributed by atoms with E-state index in [4.69, 9.17) is 9.84 Å². The van der Waals surface area contributed by atoms with Crippen LogP contribution in [0.2, 0.25) is 0 Å². The quantitative estimate of drug-likeness (QED) is 0.491. The summed E-state index contributed by atoms with van der Waals surface area (Å²) in [4.78, 5) is 21.0. The smallest absolute Gasteiger partial charge is 0.314 e. The minimum Gasteiger partial charge on any atom is -0.481 e. The lowest BCUT2D eigenvalue weighted by Crippen LogP contribution is -2.29. The van der Waals surface area contributed by atoms with Gasteiger partial charge in [0.05, 0.1) is 0 Å². The maximum atomic E-state index is 10.6. The molecule has 0 saturated carbocycles. The molecule has 0 amide bonds. The van der Waals surface area contributed by atoms with Gasteiger partial charge in [-0.1, -0.05) is 0 Å². The first-order chi connectivity index (χ1) is 5.75. The van der Waals surface area contributed by atoms with Crippen LogP contribution in [0.4, 0.5) is 0 Å². The molecule has 1 saturated heterocycles. The van der Waals surface area contributed by atoms with Gasteiger partial charge in [-0.2, -0.15) is 0 Å². The molecule has 4 heteroatoms. The third-order valence-electron chi connectivity index (χ3n) is 2.21. The summed E-state index contributed by atoms with van der Waals surface area (Å²) in [6.07, 6.45) is 1.88. The Morgan fingerprint density at radius 1 is 1.50 bits per heavy atom. The SMILES string of the molecule is O=CC(C(=O)O)C1CCOCC1. The zero-order valence-electron chi connectivity index (χ0n) is 6.73. The molecule has 1 aliphatic rings. The van der Waals surface area contributed by atoms with E-state index in [9.17, 15) is 9.59 Å². The van der Waals surface area contributed by atoms with Crippen molar-refractivity contribution < 1.29 is 19.4 Å². The van der Waals surface area contributed by atoms with Crippen LogP contribution in [0.3, 0.4) is 0 Å². The van der Waals surface area contributed by atoms with E-state index >= 15 is 0 Å². The molecule has 1 heterocycles. The topological polar surface area (TPSA) is 63.6 Å². The maximum Gasteiger partial charge on any atom is 0.314 e. The molecule has 1 unspecified atom stereocenters. The zero-order chi connectivity index (χ0) is 8.97. The molecule has 0 spiro atoms. The van der Waals surface area contributed by atoms with Crippen molar-refractivity contribution in [3.05, 3.63) is 0 Å².